The minimum absolute atomic E-state index is 0.370. The minimum Gasteiger partial charge on any atom is -0.300 e. The van der Waals surface area contributed by atoms with Crippen molar-refractivity contribution in [1.82, 2.24) is 0 Å². The molecule has 0 aromatic heterocycles. The second-order valence-electron chi connectivity index (χ2n) is 2.74. The molecular formula is C11H18O. The van der Waals surface area contributed by atoms with Crippen molar-refractivity contribution >= 4 is 5.78 Å². The second kappa shape index (κ2) is 8.25. The largest absolute Gasteiger partial charge is 0.300 e. The van der Waals surface area contributed by atoms with Gasteiger partial charge in [0.15, 0.2) is 0 Å². The van der Waals surface area contributed by atoms with E-state index in [1.165, 1.54) is 0 Å². The quantitative estimate of drug-likeness (QED) is 0.437. The van der Waals surface area contributed by atoms with Gasteiger partial charge in [-0.1, -0.05) is 31.2 Å². The molecule has 0 heterocycles. The van der Waals surface area contributed by atoms with E-state index in [1.54, 1.807) is 0 Å². The molecule has 1 nitrogen and oxygen atoms in total. The molecule has 0 aliphatic rings. The molecule has 0 amide bonds. The van der Waals surface area contributed by atoms with Gasteiger partial charge in [-0.2, -0.15) is 0 Å². The highest BCUT2D eigenvalue weighted by Gasteiger charge is 1.94. The van der Waals surface area contributed by atoms with Crippen LogP contribution in [0.5, 0.6) is 0 Å². The fourth-order valence-electron chi connectivity index (χ4n) is 0.880. The average Bonchev–Trinajstić information content (AvgIpc) is 2.10. The van der Waals surface area contributed by atoms with E-state index in [4.69, 9.17) is 0 Å². The van der Waals surface area contributed by atoms with Crippen molar-refractivity contribution in [2.45, 2.75) is 39.5 Å². The van der Waals surface area contributed by atoms with Crippen molar-refractivity contribution < 1.29 is 4.79 Å². The monoisotopic (exact) mass is 166 g/mol. The van der Waals surface area contributed by atoms with Gasteiger partial charge in [0.25, 0.3) is 0 Å². The molecule has 0 aliphatic carbocycles. The van der Waals surface area contributed by atoms with Crippen LogP contribution in [0.2, 0.25) is 0 Å². The number of allylic oxidation sites excluding steroid dienone is 4. The minimum atomic E-state index is 0.370. The van der Waals surface area contributed by atoms with Crippen molar-refractivity contribution in [2.75, 3.05) is 0 Å². The smallest absolute Gasteiger partial charge is 0.132 e. The molecule has 68 valence electrons. The summed E-state index contributed by atoms with van der Waals surface area (Å²) in [5, 5.41) is 0. The third-order valence-corrected chi connectivity index (χ3v) is 1.66. The first kappa shape index (κ1) is 11.2. The molecule has 0 atom stereocenters. The summed E-state index contributed by atoms with van der Waals surface area (Å²) in [5.41, 5.74) is 0. The van der Waals surface area contributed by atoms with Gasteiger partial charge < -0.3 is 0 Å². The Morgan fingerprint density at radius 1 is 1.33 bits per heavy atom. The molecule has 0 aromatic carbocycles. The van der Waals surface area contributed by atoms with Gasteiger partial charge in [-0.25, -0.2) is 0 Å². The van der Waals surface area contributed by atoms with Crippen LogP contribution < -0.4 is 0 Å². The fourth-order valence-corrected chi connectivity index (χ4v) is 0.880. The number of hydrogen-bond acceptors (Lipinski definition) is 1. The zero-order valence-electron chi connectivity index (χ0n) is 8.05. The number of hydrogen-bond donors (Lipinski definition) is 0. The normalized spacial score (nSPS) is 11.5. The van der Waals surface area contributed by atoms with Gasteiger partial charge in [0.1, 0.15) is 5.78 Å². The first-order valence-electron chi connectivity index (χ1n) is 4.60. The van der Waals surface area contributed by atoms with Gasteiger partial charge in [-0.05, 0) is 19.8 Å². The number of carbonyl (C=O) groups excluding carboxylic acids is 1. The maximum atomic E-state index is 10.9. The molecule has 0 rings (SSSR count). The molecule has 0 bridgehead atoms. The molecule has 0 aromatic rings. The van der Waals surface area contributed by atoms with Crippen LogP contribution in [-0.2, 0) is 4.79 Å². The molecule has 0 unspecified atom stereocenters. The van der Waals surface area contributed by atoms with Gasteiger partial charge in [-0.3, -0.25) is 4.79 Å². The summed E-state index contributed by atoms with van der Waals surface area (Å²) in [7, 11) is 0. The van der Waals surface area contributed by atoms with Gasteiger partial charge in [0.05, 0.1) is 0 Å². The molecule has 0 N–H and O–H groups in total. The van der Waals surface area contributed by atoms with E-state index in [0.29, 0.717) is 12.2 Å². The third kappa shape index (κ3) is 7.26. The van der Waals surface area contributed by atoms with Gasteiger partial charge in [0, 0.05) is 12.8 Å². The first-order valence-corrected chi connectivity index (χ1v) is 4.60. The SMILES string of the molecule is C/C=C\C=C/CCCC(=O)CC. The predicted octanol–water partition coefficient (Wildman–Crippen LogP) is 3.27. The molecule has 0 radical (unpaired) electrons. The number of ketones is 1. The fraction of sp³-hybridized carbons (Fsp3) is 0.545. The number of Topliss-reactive ketones (excluding diaryl/α,β-unsaturated/α-hetero) is 1. The molecule has 0 aliphatic heterocycles. The summed E-state index contributed by atoms with van der Waals surface area (Å²) in [4.78, 5) is 10.9. The standard InChI is InChI=1S/C11H18O/c1-3-5-6-7-8-9-10-11(12)4-2/h3,5-7H,4,8-10H2,1-2H3/b5-3-,7-6-. The molecular weight excluding hydrogens is 148 g/mol. The maximum Gasteiger partial charge on any atom is 0.132 e. The second-order valence-corrected chi connectivity index (χ2v) is 2.74. The Morgan fingerprint density at radius 2 is 2.08 bits per heavy atom. The lowest BCUT2D eigenvalue weighted by atomic mass is 10.1. The van der Waals surface area contributed by atoms with Crippen molar-refractivity contribution in [3.63, 3.8) is 0 Å². The van der Waals surface area contributed by atoms with Crippen LogP contribution in [0.3, 0.4) is 0 Å². The van der Waals surface area contributed by atoms with Gasteiger partial charge in [-0.15, -0.1) is 0 Å². The molecule has 12 heavy (non-hydrogen) atoms. The lowest BCUT2D eigenvalue weighted by molar-refractivity contribution is -0.118. The zero-order chi connectivity index (χ0) is 9.23. The van der Waals surface area contributed by atoms with E-state index in [-0.39, 0.29) is 0 Å². The van der Waals surface area contributed by atoms with Crippen LogP contribution in [0, 0.1) is 0 Å². The highest BCUT2D eigenvalue weighted by molar-refractivity contribution is 5.77. The molecule has 0 spiro atoms. The Morgan fingerprint density at radius 3 is 2.67 bits per heavy atom. The van der Waals surface area contributed by atoms with Crippen molar-refractivity contribution in [2.24, 2.45) is 0 Å². The van der Waals surface area contributed by atoms with Crippen molar-refractivity contribution in [1.29, 1.82) is 0 Å². The van der Waals surface area contributed by atoms with E-state index < -0.39 is 0 Å². The summed E-state index contributed by atoms with van der Waals surface area (Å²) in [6.45, 7) is 3.91. The average molecular weight is 166 g/mol. The Balaban J connectivity index is 3.26. The van der Waals surface area contributed by atoms with Gasteiger partial charge >= 0.3 is 0 Å². The Labute approximate surface area is 75.2 Å². The summed E-state index contributed by atoms with van der Waals surface area (Å²) in [6.07, 6.45) is 11.5. The van der Waals surface area contributed by atoms with Crippen LogP contribution >= 0.6 is 0 Å². The highest BCUT2D eigenvalue weighted by Crippen LogP contribution is 1.99. The van der Waals surface area contributed by atoms with Crippen LogP contribution in [0.4, 0.5) is 0 Å². The van der Waals surface area contributed by atoms with Crippen molar-refractivity contribution in [3.05, 3.63) is 24.3 Å². The molecule has 0 saturated carbocycles. The zero-order valence-corrected chi connectivity index (χ0v) is 8.05. The van der Waals surface area contributed by atoms with E-state index in [2.05, 4.69) is 6.08 Å². The topological polar surface area (TPSA) is 17.1 Å². The van der Waals surface area contributed by atoms with Crippen LogP contribution in [0.15, 0.2) is 24.3 Å². The first-order chi connectivity index (χ1) is 5.81. The molecule has 0 fully saturated rings. The Bertz CT molecular complexity index is 166. The summed E-state index contributed by atoms with van der Waals surface area (Å²) in [5.74, 6) is 0.370. The lowest BCUT2D eigenvalue weighted by Gasteiger charge is -1.92. The highest BCUT2D eigenvalue weighted by atomic mass is 16.1. The third-order valence-electron chi connectivity index (χ3n) is 1.66. The van der Waals surface area contributed by atoms with Crippen LogP contribution in [0.25, 0.3) is 0 Å². The molecule has 0 saturated heterocycles. The summed E-state index contributed by atoms with van der Waals surface area (Å²) >= 11 is 0. The van der Waals surface area contributed by atoms with Crippen LogP contribution in [0.1, 0.15) is 39.5 Å². The van der Waals surface area contributed by atoms with E-state index in [0.717, 1.165) is 19.3 Å². The maximum absolute atomic E-state index is 10.9. The number of rotatable bonds is 6. The van der Waals surface area contributed by atoms with E-state index >= 15 is 0 Å². The Kier molecular flexibility index (Phi) is 7.66. The Hall–Kier alpha value is -0.850. The molecule has 1 heteroatoms. The van der Waals surface area contributed by atoms with Gasteiger partial charge in [0.2, 0.25) is 0 Å². The predicted molar refractivity (Wildman–Crippen MR) is 53.1 cm³/mol. The van der Waals surface area contributed by atoms with E-state index in [1.807, 2.05) is 32.1 Å². The number of carbonyl (C=O) groups is 1. The summed E-state index contributed by atoms with van der Waals surface area (Å²) in [6, 6.07) is 0. The lowest BCUT2D eigenvalue weighted by Crippen LogP contribution is -1.93. The van der Waals surface area contributed by atoms with Crippen LogP contribution in [-0.4, -0.2) is 5.78 Å². The van der Waals surface area contributed by atoms with E-state index in [9.17, 15) is 4.79 Å². The number of unbranched alkanes of at least 4 members (excludes halogenated alkanes) is 1. The van der Waals surface area contributed by atoms with Crippen molar-refractivity contribution in [3.8, 4) is 0 Å². The summed E-state index contributed by atoms with van der Waals surface area (Å²) < 4.78 is 0.